The van der Waals surface area contributed by atoms with Crippen molar-refractivity contribution < 1.29 is 18.3 Å². The van der Waals surface area contributed by atoms with Crippen LogP contribution in [0, 0.1) is 5.82 Å². The molecule has 0 radical (unpaired) electrons. The van der Waals surface area contributed by atoms with Crippen LogP contribution in [0.15, 0.2) is 63.6 Å². The number of aromatic nitrogens is 3. The van der Waals surface area contributed by atoms with Crippen LogP contribution < -0.4 is 10.1 Å². The molecule has 0 fully saturated rings. The van der Waals surface area contributed by atoms with Crippen molar-refractivity contribution in [2.24, 2.45) is 0 Å². The number of rotatable bonds is 7. The molecule has 1 N–H and O–H groups in total. The second-order valence-electron chi connectivity index (χ2n) is 5.96. The van der Waals surface area contributed by atoms with E-state index in [1.54, 1.807) is 30.7 Å². The van der Waals surface area contributed by atoms with Gasteiger partial charge < -0.3 is 14.5 Å². The Bertz CT molecular complexity index is 1160. The number of nitrogens with one attached hydrogen (secondary N) is 1. The first-order valence-electron chi connectivity index (χ1n) is 8.73. The van der Waals surface area contributed by atoms with Crippen LogP contribution in [0.5, 0.6) is 5.75 Å². The van der Waals surface area contributed by atoms with Gasteiger partial charge in [0.05, 0.1) is 24.1 Å². The van der Waals surface area contributed by atoms with Gasteiger partial charge in [0.25, 0.3) is 11.1 Å². The number of ether oxygens (including phenoxy) is 1. The number of benzene rings is 2. The number of thiazole rings is 1. The van der Waals surface area contributed by atoms with Gasteiger partial charge >= 0.3 is 0 Å². The van der Waals surface area contributed by atoms with E-state index in [2.05, 4.69) is 20.5 Å². The quantitative estimate of drug-likeness (QED) is 0.414. The van der Waals surface area contributed by atoms with E-state index < -0.39 is 0 Å². The highest BCUT2D eigenvalue weighted by atomic mass is 32.2. The van der Waals surface area contributed by atoms with Gasteiger partial charge in [-0.05, 0) is 36.4 Å². The third-order valence-corrected chi connectivity index (χ3v) is 5.54. The summed E-state index contributed by atoms with van der Waals surface area (Å²) in [5.74, 6) is 0.459. The van der Waals surface area contributed by atoms with Crippen LogP contribution >= 0.6 is 23.1 Å². The first-order chi connectivity index (χ1) is 14.6. The fourth-order valence-electron chi connectivity index (χ4n) is 2.57. The number of para-hydroxylation sites is 1. The van der Waals surface area contributed by atoms with E-state index in [9.17, 15) is 9.18 Å². The molecule has 1 amide bonds. The Hall–Kier alpha value is -3.24. The Labute approximate surface area is 179 Å². The number of thioether (sulfide) groups is 1. The number of carbonyl (C=O) groups is 1. The second kappa shape index (κ2) is 9.06. The van der Waals surface area contributed by atoms with E-state index in [4.69, 9.17) is 9.15 Å². The topological polar surface area (TPSA) is 90.1 Å². The van der Waals surface area contributed by atoms with Gasteiger partial charge in [-0.2, -0.15) is 0 Å². The summed E-state index contributed by atoms with van der Waals surface area (Å²) < 4.78 is 24.0. The molecule has 0 saturated carbocycles. The Balaban J connectivity index is 1.35. The molecule has 2 aromatic heterocycles. The smallest absolute Gasteiger partial charge is 0.277 e. The van der Waals surface area contributed by atoms with Crippen LogP contribution in [0.4, 0.5) is 9.52 Å². The molecule has 2 heterocycles. The lowest BCUT2D eigenvalue weighted by Crippen LogP contribution is -2.13. The molecule has 10 heteroatoms. The molecular formula is C20H15FN4O3S2. The van der Waals surface area contributed by atoms with E-state index in [-0.39, 0.29) is 22.7 Å². The highest BCUT2D eigenvalue weighted by molar-refractivity contribution is 7.99. The molecule has 2 aromatic carbocycles. The SMILES string of the molecule is COc1ccccc1-c1nnc(SCC(=O)Nc2nc(-c3ccc(F)cc3)cs2)o1. The fraction of sp³-hybridized carbons (Fsp3) is 0.100. The number of hydrogen-bond acceptors (Lipinski definition) is 8. The van der Waals surface area contributed by atoms with Crippen LogP contribution in [0.1, 0.15) is 0 Å². The van der Waals surface area contributed by atoms with Gasteiger partial charge in [0.15, 0.2) is 5.13 Å². The molecule has 0 aliphatic heterocycles. The average molecular weight is 442 g/mol. The summed E-state index contributed by atoms with van der Waals surface area (Å²) in [6, 6.07) is 13.3. The standard InChI is InChI=1S/C20H15FN4O3S2/c1-27-16-5-3-2-4-14(16)18-24-25-20(28-18)30-11-17(26)23-19-22-15(10-29-19)12-6-8-13(21)9-7-12/h2-10H,11H2,1H3,(H,22,23,26). The summed E-state index contributed by atoms with van der Waals surface area (Å²) in [5, 5.41) is 13.2. The summed E-state index contributed by atoms with van der Waals surface area (Å²) in [7, 11) is 1.56. The minimum atomic E-state index is -0.311. The van der Waals surface area contributed by atoms with Crippen LogP contribution in [-0.4, -0.2) is 34.0 Å². The lowest BCUT2D eigenvalue weighted by molar-refractivity contribution is -0.113. The summed E-state index contributed by atoms with van der Waals surface area (Å²) in [6.45, 7) is 0. The number of methoxy groups -OCH3 is 1. The summed E-state index contributed by atoms with van der Waals surface area (Å²) in [4.78, 5) is 16.6. The molecule has 30 heavy (non-hydrogen) atoms. The zero-order valence-electron chi connectivity index (χ0n) is 15.7. The highest BCUT2D eigenvalue weighted by Gasteiger charge is 2.15. The number of hydrogen-bond donors (Lipinski definition) is 1. The molecule has 0 aliphatic rings. The molecule has 0 aliphatic carbocycles. The average Bonchev–Trinajstić information content (AvgIpc) is 3.42. The van der Waals surface area contributed by atoms with E-state index >= 15 is 0 Å². The number of nitrogens with zero attached hydrogens (tertiary/aromatic N) is 3. The molecular weight excluding hydrogens is 427 g/mol. The third-order valence-electron chi connectivity index (χ3n) is 3.96. The van der Waals surface area contributed by atoms with Crippen LogP contribution in [0.2, 0.25) is 0 Å². The largest absolute Gasteiger partial charge is 0.496 e. The molecule has 4 aromatic rings. The highest BCUT2D eigenvalue weighted by Crippen LogP contribution is 2.30. The first-order valence-corrected chi connectivity index (χ1v) is 10.6. The molecule has 0 saturated heterocycles. The van der Waals surface area contributed by atoms with Crippen molar-refractivity contribution in [2.75, 3.05) is 18.2 Å². The van der Waals surface area contributed by atoms with Crippen molar-refractivity contribution in [3.8, 4) is 28.5 Å². The normalized spacial score (nSPS) is 10.7. The second-order valence-corrected chi connectivity index (χ2v) is 7.74. The maximum Gasteiger partial charge on any atom is 0.277 e. The Kier molecular flexibility index (Phi) is 6.05. The van der Waals surface area contributed by atoms with E-state index in [1.165, 1.54) is 23.5 Å². The summed E-state index contributed by atoms with van der Waals surface area (Å²) in [5.41, 5.74) is 2.12. The van der Waals surface area contributed by atoms with Gasteiger partial charge in [-0.3, -0.25) is 4.79 Å². The fourth-order valence-corrected chi connectivity index (χ4v) is 3.86. The van der Waals surface area contributed by atoms with Crippen molar-refractivity contribution in [1.29, 1.82) is 0 Å². The molecule has 0 spiro atoms. The van der Waals surface area contributed by atoms with E-state index in [0.717, 1.165) is 17.3 Å². The first kappa shape index (κ1) is 20.0. The van der Waals surface area contributed by atoms with Crippen LogP contribution in [0.25, 0.3) is 22.7 Å². The molecule has 7 nitrogen and oxygen atoms in total. The van der Waals surface area contributed by atoms with Crippen molar-refractivity contribution in [3.05, 3.63) is 59.7 Å². The minimum absolute atomic E-state index is 0.0824. The van der Waals surface area contributed by atoms with E-state index in [0.29, 0.717) is 28.0 Å². The van der Waals surface area contributed by atoms with Gasteiger partial charge in [0.1, 0.15) is 11.6 Å². The molecule has 152 valence electrons. The maximum absolute atomic E-state index is 13.0. The maximum atomic E-state index is 13.0. The summed E-state index contributed by atoms with van der Waals surface area (Å²) >= 11 is 2.42. The number of carbonyl (C=O) groups excluding carboxylic acids is 1. The van der Waals surface area contributed by atoms with Crippen molar-refractivity contribution in [1.82, 2.24) is 15.2 Å². The lowest BCUT2D eigenvalue weighted by Gasteiger charge is -2.03. The molecule has 0 bridgehead atoms. The number of halogens is 1. The minimum Gasteiger partial charge on any atom is -0.496 e. The zero-order valence-corrected chi connectivity index (χ0v) is 17.3. The Morgan fingerprint density at radius 3 is 2.80 bits per heavy atom. The van der Waals surface area contributed by atoms with Crippen molar-refractivity contribution in [2.45, 2.75) is 5.22 Å². The molecule has 0 unspecified atom stereocenters. The number of anilines is 1. The molecule has 0 atom stereocenters. The van der Waals surface area contributed by atoms with Gasteiger partial charge in [0, 0.05) is 10.9 Å². The van der Waals surface area contributed by atoms with Crippen LogP contribution in [-0.2, 0) is 4.79 Å². The molecule has 4 rings (SSSR count). The van der Waals surface area contributed by atoms with Gasteiger partial charge in [-0.25, -0.2) is 9.37 Å². The predicted molar refractivity (Wildman–Crippen MR) is 113 cm³/mol. The van der Waals surface area contributed by atoms with Crippen molar-refractivity contribution >= 4 is 34.1 Å². The Morgan fingerprint density at radius 2 is 2.00 bits per heavy atom. The van der Waals surface area contributed by atoms with Gasteiger partial charge in [-0.15, -0.1) is 21.5 Å². The monoisotopic (exact) mass is 442 g/mol. The van der Waals surface area contributed by atoms with Gasteiger partial charge in [0.2, 0.25) is 5.91 Å². The predicted octanol–water partition coefficient (Wildman–Crippen LogP) is 4.74. The number of amides is 1. The summed E-state index contributed by atoms with van der Waals surface area (Å²) in [6.07, 6.45) is 0. The van der Waals surface area contributed by atoms with Crippen LogP contribution in [0.3, 0.4) is 0 Å². The van der Waals surface area contributed by atoms with E-state index in [1.807, 2.05) is 18.2 Å². The third kappa shape index (κ3) is 4.66. The Morgan fingerprint density at radius 1 is 1.20 bits per heavy atom. The lowest BCUT2D eigenvalue weighted by atomic mass is 10.2. The zero-order chi connectivity index (χ0) is 20.9. The van der Waals surface area contributed by atoms with Crippen molar-refractivity contribution in [3.63, 3.8) is 0 Å². The van der Waals surface area contributed by atoms with Gasteiger partial charge in [-0.1, -0.05) is 23.9 Å².